The van der Waals surface area contributed by atoms with Crippen molar-refractivity contribution in [2.24, 2.45) is 5.92 Å². The van der Waals surface area contributed by atoms with Crippen LogP contribution in [-0.2, 0) is 6.42 Å². The highest BCUT2D eigenvalue weighted by Gasteiger charge is 2.15. The van der Waals surface area contributed by atoms with Crippen LogP contribution in [0.5, 0.6) is 0 Å². The van der Waals surface area contributed by atoms with Crippen LogP contribution >= 0.6 is 0 Å². The van der Waals surface area contributed by atoms with Crippen LogP contribution in [-0.4, -0.2) is 31.2 Å². The highest BCUT2D eigenvalue weighted by Crippen LogP contribution is 2.21. The van der Waals surface area contributed by atoms with Crippen LogP contribution in [0.15, 0.2) is 31.0 Å². The van der Waals surface area contributed by atoms with Gasteiger partial charge in [-0.25, -0.2) is 4.98 Å². The molecule has 1 saturated heterocycles. The molecular formula is C16H25N3. The summed E-state index contributed by atoms with van der Waals surface area (Å²) in [5.41, 5.74) is 1.39. The highest BCUT2D eigenvalue weighted by atomic mass is 15.2. The van der Waals surface area contributed by atoms with Gasteiger partial charge in [-0.05, 0) is 36.8 Å². The van der Waals surface area contributed by atoms with Gasteiger partial charge in [0.2, 0.25) is 0 Å². The van der Waals surface area contributed by atoms with Crippen molar-refractivity contribution in [2.45, 2.75) is 26.2 Å². The van der Waals surface area contributed by atoms with Crippen molar-refractivity contribution in [3.8, 4) is 0 Å². The lowest BCUT2D eigenvalue weighted by atomic mass is 9.98. The van der Waals surface area contributed by atoms with Gasteiger partial charge < -0.3 is 10.2 Å². The largest absolute Gasteiger partial charge is 0.354 e. The average Bonchev–Trinajstić information content (AvgIpc) is 2.47. The van der Waals surface area contributed by atoms with Crippen molar-refractivity contribution in [2.75, 3.05) is 31.1 Å². The van der Waals surface area contributed by atoms with Crippen LogP contribution in [0.25, 0.3) is 0 Å². The number of rotatable bonds is 6. The fraction of sp³-hybridized carbons (Fsp3) is 0.562. The van der Waals surface area contributed by atoms with E-state index in [1.807, 2.05) is 12.3 Å². The summed E-state index contributed by atoms with van der Waals surface area (Å²) < 4.78 is 0. The second kappa shape index (κ2) is 7.29. The molecule has 2 rings (SSSR count). The Hall–Kier alpha value is -1.35. The molecular weight excluding hydrogens is 234 g/mol. The van der Waals surface area contributed by atoms with E-state index in [4.69, 9.17) is 0 Å². The summed E-state index contributed by atoms with van der Waals surface area (Å²) in [4.78, 5) is 7.01. The smallest absolute Gasteiger partial charge is 0.131 e. The minimum atomic E-state index is 0.702. The first-order valence-corrected chi connectivity index (χ1v) is 7.31. The summed E-state index contributed by atoms with van der Waals surface area (Å²) in [5.74, 6) is 1.89. The number of nitrogens with one attached hydrogen (secondary N) is 1. The maximum atomic E-state index is 4.60. The normalized spacial score (nSPS) is 17.2. The molecule has 0 saturated carbocycles. The van der Waals surface area contributed by atoms with Crippen molar-refractivity contribution in [1.29, 1.82) is 0 Å². The van der Waals surface area contributed by atoms with Gasteiger partial charge >= 0.3 is 0 Å². The molecule has 1 N–H and O–H groups in total. The molecule has 0 amide bonds. The summed E-state index contributed by atoms with van der Waals surface area (Å²) in [7, 11) is 0. The van der Waals surface area contributed by atoms with Gasteiger partial charge in [0.05, 0.1) is 0 Å². The molecule has 1 aromatic rings. The molecule has 1 atom stereocenters. The number of pyridine rings is 1. The van der Waals surface area contributed by atoms with Crippen molar-refractivity contribution in [3.63, 3.8) is 0 Å². The summed E-state index contributed by atoms with van der Waals surface area (Å²) in [6.07, 6.45) is 7.35. The zero-order valence-electron chi connectivity index (χ0n) is 11.9. The monoisotopic (exact) mass is 259 g/mol. The molecule has 3 nitrogen and oxygen atoms in total. The summed E-state index contributed by atoms with van der Waals surface area (Å²) in [5, 5.41) is 3.39. The predicted octanol–water partition coefficient (Wildman–Crippen LogP) is 2.64. The van der Waals surface area contributed by atoms with Gasteiger partial charge in [-0.3, -0.25) is 0 Å². The third kappa shape index (κ3) is 4.06. The van der Waals surface area contributed by atoms with E-state index in [0.29, 0.717) is 5.92 Å². The molecule has 104 valence electrons. The molecule has 1 fully saturated rings. The Balaban J connectivity index is 2.01. The number of piperazine rings is 1. The number of hydrogen-bond donors (Lipinski definition) is 1. The Morgan fingerprint density at radius 2 is 2.26 bits per heavy atom. The molecule has 2 heterocycles. The second-order valence-corrected chi connectivity index (χ2v) is 5.39. The molecule has 1 aromatic heterocycles. The number of anilines is 1. The van der Waals surface area contributed by atoms with Crippen molar-refractivity contribution in [3.05, 3.63) is 36.5 Å². The summed E-state index contributed by atoms with van der Waals surface area (Å²) >= 11 is 0. The molecule has 19 heavy (non-hydrogen) atoms. The third-order valence-corrected chi connectivity index (χ3v) is 3.76. The standard InChI is InChI=1S/C16H25N3/c1-3-5-14(2)7-8-15-6-4-9-18-16(15)19-12-10-17-11-13-19/h3-4,6,9,14,17H,1,5,7-8,10-13H2,2H3. The van der Waals surface area contributed by atoms with Gasteiger partial charge in [0.25, 0.3) is 0 Å². The lowest BCUT2D eigenvalue weighted by Gasteiger charge is -2.30. The number of allylic oxidation sites excluding steroid dienone is 1. The third-order valence-electron chi connectivity index (χ3n) is 3.76. The fourth-order valence-electron chi connectivity index (χ4n) is 2.59. The van der Waals surface area contributed by atoms with E-state index in [0.717, 1.165) is 39.0 Å². The van der Waals surface area contributed by atoms with E-state index in [1.165, 1.54) is 17.8 Å². The maximum absolute atomic E-state index is 4.60. The van der Waals surface area contributed by atoms with Crippen LogP contribution in [0, 0.1) is 5.92 Å². The van der Waals surface area contributed by atoms with Crippen molar-refractivity contribution in [1.82, 2.24) is 10.3 Å². The SMILES string of the molecule is C=CCC(C)CCc1cccnc1N1CCNCC1. The lowest BCUT2D eigenvalue weighted by Crippen LogP contribution is -2.44. The molecule has 3 heteroatoms. The molecule has 0 aliphatic carbocycles. The van der Waals surface area contributed by atoms with Crippen LogP contribution in [0.1, 0.15) is 25.3 Å². The second-order valence-electron chi connectivity index (χ2n) is 5.39. The first-order valence-electron chi connectivity index (χ1n) is 7.31. The minimum Gasteiger partial charge on any atom is -0.354 e. The number of nitrogens with zero attached hydrogens (tertiary/aromatic N) is 2. The van der Waals surface area contributed by atoms with Gasteiger partial charge in [-0.1, -0.05) is 19.1 Å². The summed E-state index contributed by atoms with van der Waals surface area (Å²) in [6, 6.07) is 4.28. The maximum Gasteiger partial charge on any atom is 0.131 e. The lowest BCUT2D eigenvalue weighted by molar-refractivity contribution is 0.537. The average molecular weight is 259 g/mol. The molecule has 1 aliphatic rings. The van der Waals surface area contributed by atoms with E-state index in [1.54, 1.807) is 0 Å². The predicted molar refractivity (Wildman–Crippen MR) is 81.6 cm³/mol. The first kappa shape index (κ1) is 14.1. The first-order chi connectivity index (χ1) is 9.31. The van der Waals surface area contributed by atoms with Crippen LogP contribution < -0.4 is 10.2 Å². The number of aryl methyl sites for hydroxylation is 1. The number of hydrogen-bond acceptors (Lipinski definition) is 3. The molecule has 1 aliphatic heterocycles. The Morgan fingerprint density at radius 3 is 3.00 bits per heavy atom. The van der Waals surface area contributed by atoms with Crippen LogP contribution in [0.4, 0.5) is 5.82 Å². The Morgan fingerprint density at radius 1 is 1.47 bits per heavy atom. The van der Waals surface area contributed by atoms with E-state index in [-0.39, 0.29) is 0 Å². The molecule has 0 aromatic carbocycles. The Kier molecular flexibility index (Phi) is 5.40. The van der Waals surface area contributed by atoms with Crippen molar-refractivity contribution >= 4 is 5.82 Å². The Labute approximate surface area is 116 Å². The Bertz CT molecular complexity index is 397. The van der Waals surface area contributed by atoms with Gasteiger partial charge in [-0.2, -0.15) is 0 Å². The zero-order valence-corrected chi connectivity index (χ0v) is 11.9. The topological polar surface area (TPSA) is 28.2 Å². The summed E-state index contributed by atoms with van der Waals surface area (Å²) in [6.45, 7) is 10.4. The molecule has 1 unspecified atom stereocenters. The van der Waals surface area contributed by atoms with Gasteiger partial charge in [0, 0.05) is 32.4 Å². The van der Waals surface area contributed by atoms with E-state index >= 15 is 0 Å². The fourth-order valence-corrected chi connectivity index (χ4v) is 2.59. The quantitative estimate of drug-likeness (QED) is 0.796. The zero-order chi connectivity index (χ0) is 13.5. The van der Waals surface area contributed by atoms with Crippen LogP contribution in [0.2, 0.25) is 0 Å². The molecule has 0 bridgehead atoms. The van der Waals surface area contributed by atoms with E-state index in [9.17, 15) is 0 Å². The molecule has 0 spiro atoms. The highest BCUT2D eigenvalue weighted by molar-refractivity contribution is 5.47. The van der Waals surface area contributed by atoms with E-state index < -0.39 is 0 Å². The minimum absolute atomic E-state index is 0.702. The van der Waals surface area contributed by atoms with Gasteiger partial charge in [0.15, 0.2) is 0 Å². The van der Waals surface area contributed by atoms with Crippen molar-refractivity contribution < 1.29 is 0 Å². The van der Waals surface area contributed by atoms with Gasteiger partial charge in [0.1, 0.15) is 5.82 Å². The van der Waals surface area contributed by atoms with Crippen LogP contribution in [0.3, 0.4) is 0 Å². The van der Waals surface area contributed by atoms with Gasteiger partial charge in [-0.15, -0.1) is 6.58 Å². The molecule has 0 radical (unpaired) electrons. The van der Waals surface area contributed by atoms with E-state index in [2.05, 4.69) is 40.8 Å². The number of aromatic nitrogens is 1.